The van der Waals surface area contributed by atoms with Crippen molar-refractivity contribution < 1.29 is 9.47 Å². The summed E-state index contributed by atoms with van der Waals surface area (Å²) in [6, 6.07) is 3.76. The van der Waals surface area contributed by atoms with Crippen LogP contribution in [0.25, 0.3) is 11.3 Å². The van der Waals surface area contributed by atoms with Crippen LogP contribution in [0, 0.1) is 0 Å². The lowest BCUT2D eigenvalue weighted by Gasteiger charge is -2.05. The van der Waals surface area contributed by atoms with Gasteiger partial charge < -0.3 is 9.47 Å². The quantitative estimate of drug-likeness (QED) is 0.795. The second-order valence-corrected chi connectivity index (χ2v) is 4.58. The van der Waals surface area contributed by atoms with Gasteiger partial charge in [-0.2, -0.15) is 5.10 Å². The lowest BCUT2D eigenvalue weighted by molar-refractivity contribution is 0.144. The summed E-state index contributed by atoms with van der Waals surface area (Å²) in [6.07, 6.45) is 3.61. The van der Waals surface area contributed by atoms with E-state index in [1.54, 1.807) is 18.0 Å². The zero-order valence-corrected chi connectivity index (χ0v) is 11.8. The smallest absolute Gasteiger partial charge is 0.213 e. The van der Waals surface area contributed by atoms with Crippen LogP contribution >= 0.6 is 15.9 Å². The second kappa shape index (κ2) is 5.97. The average molecular weight is 312 g/mol. The van der Waals surface area contributed by atoms with Crippen molar-refractivity contribution in [1.29, 1.82) is 0 Å². The maximum Gasteiger partial charge on any atom is 0.213 e. The third-order valence-corrected chi connectivity index (χ3v) is 2.91. The summed E-state index contributed by atoms with van der Waals surface area (Å²) in [4.78, 5) is 4.15. The number of aryl methyl sites for hydroxylation is 1. The number of hydrogen-bond donors (Lipinski definition) is 0. The van der Waals surface area contributed by atoms with Crippen molar-refractivity contribution in [2.75, 3.05) is 20.3 Å². The fraction of sp³-hybridized carbons (Fsp3) is 0.333. The van der Waals surface area contributed by atoms with E-state index in [1.807, 2.05) is 25.4 Å². The van der Waals surface area contributed by atoms with Gasteiger partial charge in [-0.05, 0) is 22.0 Å². The number of halogens is 1. The highest BCUT2D eigenvalue weighted by molar-refractivity contribution is 9.10. The first-order valence-corrected chi connectivity index (χ1v) is 6.27. The molecular weight excluding hydrogens is 298 g/mol. The molecule has 0 fully saturated rings. The summed E-state index contributed by atoms with van der Waals surface area (Å²) in [5, 5.41) is 4.38. The number of ether oxygens (including phenoxy) is 2. The SMILES string of the molecule is COCCOc1cc(-c2nn(C)cc2Br)ccn1. The van der Waals surface area contributed by atoms with Gasteiger partial charge in [-0.25, -0.2) is 4.98 Å². The molecule has 0 aliphatic rings. The zero-order chi connectivity index (χ0) is 13.0. The van der Waals surface area contributed by atoms with Gasteiger partial charge in [0.1, 0.15) is 12.3 Å². The van der Waals surface area contributed by atoms with Crippen LogP contribution in [0.2, 0.25) is 0 Å². The predicted molar refractivity (Wildman–Crippen MR) is 71.5 cm³/mol. The normalized spacial score (nSPS) is 10.6. The van der Waals surface area contributed by atoms with Gasteiger partial charge in [-0.15, -0.1) is 0 Å². The minimum absolute atomic E-state index is 0.482. The van der Waals surface area contributed by atoms with Crippen LogP contribution in [-0.2, 0) is 11.8 Å². The lowest BCUT2D eigenvalue weighted by Crippen LogP contribution is -2.05. The summed E-state index contributed by atoms with van der Waals surface area (Å²) in [7, 11) is 3.52. The molecule has 0 amide bonds. The summed E-state index contributed by atoms with van der Waals surface area (Å²) < 4.78 is 13.1. The molecule has 0 atom stereocenters. The fourth-order valence-corrected chi connectivity index (χ4v) is 2.12. The van der Waals surface area contributed by atoms with E-state index in [0.29, 0.717) is 19.1 Å². The van der Waals surface area contributed by atoms with E-state index in [1.165, 1.54) is 0 Å². The van der Waals surface area contributed by atoms with Gasteiger partial charge in [0.2, 0.25) is 5.88 Å². The van der Waals surface area contributed by atoms with E-state index in [0.717, 1.165) is 15.7 Å². The monoisotopic (exact) mass is 311 g/mol. The van der Waals surface area contributed by atoms with E-state index in [2.05, 4.69) is 26.0 Å². The van der Waals surface area contributed by atoms with E-state index >= 15 is 0 Å². The number of pyridine rings is 1. The molecule has 96 valence electrons. The van der Waals surface area contributed by atoms with E-state index < -0.39 is 0 Å². The number of hydrogen-bond acceptors (Lipinski definition) is 4. The van der Waals surface area contributed by atoms with Gasteiger partial charge in [0.15, 0.2) is 0 Å². The molecular formula is C12H14BrN3O2. The highest BCUT2D eigenvalue weighted by atomic mass is 79.9. The van der Waals surface area contributed by atoms with Crippen molar-refractivity contribution in [1.82, 2.24) is 14.8 Å². The molecule has 0 aliphatic heterocycles. The Balaban J connectivity index is 2.19. The van der Waals surface area contributed by atoms with E-state index in [-0.39, 0.29) is 0 Å². The van der Waals surface area contributed by atoms with Crippen LogP contribution in [-0.4, -0.2) is 35.1 Å². The van der Waals surface area contributed by atoms with Crippen LogP contribution in [0.15, 0.2) is 29.0 Å². The first kappa shape index (κ1) is 13.0. The van der Waals surface area contributed by atoms with Crippen molar-refractivity contribution in [2.24, 2.45) is 7.05 Å². The highest BCUT2D eigenvalue weighted by Gasteiger charge is 2.09. The zero-order valence-electron chi connectivity index (χ0n) is 10.3. The van der Waals surface area contributed by atoms with Crippen LogP contribution < -0.4 is 4.74 Å². The maximum absolute atomic E-state index is 5.47. The Labute approximate surface area is 114 Å². The predicted octanol–water partition coefficient (Wildman–Crippen LogP) is 2.27. The van der Waals surface area contributed by atoms with Crippen molar-refractivity contribution in [3.63, 3.8) is 0 Å². The van der Waals surface area contributed by atoms with Gasteiger partial charge >= 0.3 is 0 Å². The Morgan fingerprint density at radius 3 is 2.89 bits per heavy atom. The molecule has 2 aromatic rings. The van der Waals surface area contributed by atoms with Gasteiger partial charge in [0, 0.05) is 38.2 Å². The summed E-state index contributed by atoms with van der Waals surface area (Å²) in [6.45, 7) is 1.02. The Hall–Kier alpha value is -1.40. The summed E-state index contributed by atoms with van der Waals surface area (Å²) in [5.74, 6) is 0.571. The number of methoxy groups -OCH3 is 1. The van der Waals surface area contributed by atoms with E-state index in [4.69, 9.17) is 9.47 Å². The number of rotatable bonds is 5. The van der Waals surface area contributed by atoms with Crippen LogP contribution in [0.4, 0.5) is 0 Å². The molecule has 0 bridgehead atoms. The standard InChI is InChI=1S/C12H14BrN3O2/c1-16-8-10(13)12(15-16)9-3-4-14-11(7-9)18-6-5-17-2/h3-4,7-8H,5-6H2,1-2H3. The molecule has 2 rings (SSSR count). The third kappa shape index (κ3) is 3.08. The number of nitrogens with zero attached hydrogens (tertiary/aromatic N) is 3. The first-order chi connectivity index (χ1) is 8.70. The molecule has 0 radical (unpaired) electrons. The molecule has 0 saturated carbocycles. The van der Waals surface area contributed by atoms with Crippen LogP contribution in [0.3, 0.4) is 0 Å². The molecule has 5 nitrogen and oxygen atoms in total. The molecule has 2 aromatic heterocycles. The molecule has 0 unspecified atom stereocenters. The molecule has 0 N–H and O–H groups in total. The highest BCUT2D eigenvalue weighted by Crippen LogP contribution is 2.27. The molecule has 0 aliphatic carbocycles. The Bertz CT molecular complexity index is 528. The fourth-order valence-electron chi connectivity index (χ4n) is 1.52. The number of aromatic nitrogens is 3. The third-order valence-electron chi connectivity index (χ3n) is 2.33. The molecule has 0 aromatic carbocycles. The van der Waals surface area contributed by atoms with Gasteiger partial charge in [0.05, 0.1) is 11.1 Å². The molecule has 0 saturated heterocycles. The Morgan fingerprint density at radius 1 is 1.39 bits per heavy atom. The second-order valence-electron chi connectivity index (χ2n) is 3.72. The lowest BCUT2D eigenvalue weighted by atomic mass is 10.2. The van der Waals surface area contributed by atoms with Crippen molar-refractivity contribution in [2.45, 2.75) is 0 Å². The largest absolute Gasteiger partial charge is 0.475 e. The summed E-state index contributed by atoms with van der Waals surface area (Å²) >= 11 is 3.48. The minimum atomic E-state index is 0.482. The molecule has 6 heteroatoms. The van der Waals surface area contributed by atoms with Crippen molar-refractivity contribution in [3.05, 3.63) is 29.0 Å². The van der Waals surface area contributed by atoms with Gasteiger partial charge in [-0.1, -0.05) is 0 Å². The van der Waals surface area contributed by atoms with Crippen LogP contribution in [0.5, 0.6) is 5.88 Å². The molecule has 18 heavy (non-hydrogen) atoms. The summed E-state index contributed by atoms with van der Waals surface area (Å²) in [5.41, 5.74) is 1.83. The van der Waals surface area contributed by atoms with E-state index in [9.17, 15) is 0 Å². The van der Waals surface area contributed by atoms with Gasteiger partial charge in [0.25, 0.3) is 0 Å². The van der Waals surface area contributed by atoms with Gasteiger partial charge in [-0.3, -0.25) is 4.68 Å². The molecule has 0 spiro atoms. The molecule has 2 heterocycles. The first-order valence-electron chi connectivity index (χ1n) is 5.48. The van der Waals surface area contributed by atoms with Crippen molar-refractivity contribution >= 4 is 15.9 Å². The minimum Gasteiger partial charge on any atom is -0.475 e. The maximum atomic E-state index is 5.47. The van der Waals surface area contributed by atoms with Crippen molar-refractivity contribution in [3.8, 4) is 17.1 Å². The van der Waals surface area contributed by atoms with Crippen LogP contribution in [0.1, 0.15) is 0 Å². The average Bonchev–Trinajstić information content (AvgIpc) is 2.69. The Kier molecular flexibility index (Phi) is 4.33. The topological polar surface area (TPSA) is 49.2 Å². The Morgan fingerprint density at radius 2 is 2.22 bits per heavy atom.